The van der Waals surface area contributed by atoms with Crippen LogP contribution in [0.4, 0.5) is 0 Å². The van der Waals surface area contributed by atoms with E-state index >= 15 is 0 Å². The monoisotopic (exact) mass is 582 g/mol. The second kappa shape index (κ2) is 9.38. The van der Waals surface area contributed by atoms with E-state index in [1.165, 1.54) is 6.07 Å². The van der Waals surface area contributed by atoms with Crippen molar-refractivity contribution in [1.29, 1.82) is 0 Å². The number of unbranched alkanes of at least 4 members (excludes halogenated alkanes) is 1. The van der Waals surface area contributed by atoms with Gasteiger partial charge in [-0.3, -0.25) is 18.7 Å². The third-order valence-corrected chi connectivity index (χ3v) is 10.3. The van der Waals surface area contributed by atoms with Crippen LogP contribution in [0.5, 0.6) is 0 Å². The lowest BCUT2D eigenvalue weighted by Gasteiger charge is -2.23. The first-order valence-corrected chi connectivity index (χ1v) is 15.6. The molecule has 0 aliphatic heterocycles. The molecule has 4 N–H and O–H groups in total. The molecule has 0 bridgehead atoms. The standard InChI is InChI=1S/C18H18N2O12S4/c1-2-3-4-10-5-8-14(34(25,26)20-36(30,31)32)16-15(10)18(22)13-9-11(6-7-12(13)17(16)21)33(23,24)19-35(27,28)29/h5-9,19-20H,2-4H2,1H3,(H,27,28,29)(H,30,31,32). The highest BCUT2D eigenvalue weighted by molar-refractivity contribution is 8.02. The zero-order chi connectivity index (χ0) is 27.3. The fourth-order valence-corrected chi connectivity index (χ4v) is 7.82. The SMILES string of the molecule is CCCCc1ccc(S(=O)(=O)NS(=O)(=O)O)c2c1C(=O)c1cc(S(=O)(=O)NS(=O)(=O)O)ccc1C2=O. The molecule has 0 aromatic heterocycles. The second-order valence-electron chi connectivity index (χ2n) is 7.57. The van der Waals surface area contributed by atoms with E-state index in [4.69, 9.17) is 9.11 Å². The van der Waals surface area contributed by atoms with Crippen LogP contribution in [0.1, 0.15) is 57.2 Å². The van der Waals surface area contributed by atoms with Crippen LogP contribution in [0.3, 0.4) is 0 Å². The molecule has 1 aliphatic carbocycles. The molecule has 196 valence electrons. The molecule has 0 amide bonds. The molecule has 0 fully saturated rings. The summed E-state index contributed by atoms with van der Waals surface area (Å²) in [5.74, 6) is -2.06. The van der Waals surface area contributed by atoms with E-state index in [9.17, 15) is 43.3 Å². The highest BCUT2D eigenvalue weighted by Gasteiger charge is 2.38. The molecule has 14 nitrogen and oxygen atoms in total. The van der Waals surface area contributed by atoms with E-state index in [1.807, 2.05) is 6.92 Å². The van der Waals surface area contributed by atoms with Crippen LogP contribution in [0, 0.1) is 0 Å². The number of benzene rings is 2. The van der Waals surface area contributed by atoms with Gasteiger partial charge in [-0.2, -0.15) is 16.8 Å². The summed E-state index contributed by atoms with van der Waals surface area (Å²) in [6.07, 6.45) is 1.34. The second-order valence-corrected chi connectivity index (χ2v) is 13.7. The smallest absolute Gasteiger partial charge is 0.289 e. The molecule has 0 spiro atoms. The van der Waals surface area contributed by atoms with Crippen LogP contribution < -0.4 is 8.25 Å². The average Bonchev–Trinajstić information content (AvgIpc) is 2.71. The maximum Gasteiger partial charge on any atom is 0.346 e. The van der Waals surface area contributed by atoms with E-state index in [-0.39, 0.29) is 12.0 Å². The summed E-state index contributed by atoms with van der Waals surface area (Å²) in [5, 5.41) is 0. The Morgan fingerprint density at radius 2 is 1.28 bits per heavy atom. The van der Waals surface area contributed by atoms with Crippen LogP contribution in [0.25, 0.3) is 0 Å². The van der Waals surface area contributed by atoms with E-state index in [2.05, 4.69) is 0 Å². The molecule has 3 rings (SSSR count). The number of rotatable bonds is 9. The van der Waals surface area contributed by atoms with Crippen molar-refractivity contribution in [3.05, 3.63) is 58.1 Å². The molecule has 0 saturated heterocycles. The lowest BCUT2D eigenvalue weighted by atomic mass is 9.81. The Bertz CT molecular complexity index is 1730. The van der Waals surface area contributed by atoms with Crippen LogP contribution >= 0.6 is 0 Å². The van der Waals surface area contributed by atoms with Crippen molar-refractivity contribution >= 4 is 52.2 Å². The highest BCUT2D eigenvalue weighted by Crippen LogP contribution is 2.35. The number of aryl methyl sites for hydroxylation is 1. The van der Waals surface area contributed by atoms with Gasteiger partial charge in [-0.15, -0.1) is 0 Å². The zero-order valence-electron chi connectivity index (χ0n) is 18.1. The van der Waals surface area contributed by atoms with E-state index in [1.54, 1.807) is 0 Å². The predicted octanol–water partition coefficient (Wildman–Crippen LogP) is -0.0332. The molecule has 36 heavy (non-hydrogen) atoms. The summed E-state index contributed by atoms with van der Waals surface area (Å²) in [6, 6.07) is 4.36. The molecule has 0 atom stereocenters. The van der Waals surface area contributed by atoms with Gasteiger partial charge in [0.2, 0.25) is 0 Å². The summed E-state index contributed by atoms with van der Waals surface area (Å²) in [7, 11) is -20.5. The molecule has 18 heteroatoms. The molecular formula is C18H18N2O12S4. The first-order chi connectivity index (χ1) is 16.4. The van der Waals surface area contributed by atoms with Gasteiger partial charge in [-0.1, -0.05) is 27.7 Å². The van der Waals surface area contributed by atoms with Gasteiger partial charge in [0.1, 0.15) is 0 Å². The minimum Gasteiger partial charge on any atom is -0.289 e. The van der Waals surface area contributed by atoms with Gasteiger partial charge in [0.05, 0.1) is 15.4 Å². The molecule has 0 unspecified atom stereocenters. The normalized spacial score (nSPS) is 14.4. The first kappa shape index (κ1) is 28.0. The zero-order valence-corrected chi connectivity index (χ0v) is 21.4. The van der Waals surface area contributed by atoms with Crippen molar-refractivity contribution in [2.24, 2.45) is 0 Å². The molecule has 1 aliphatic rings. The third-order valence-electron chi connectivity index (χ3n) is 5.02. The van der Waals surface area contributed by atoms with Gasteiger partial charge in [0.25, 0.3) is 20.0 Å². The molecule has 0 heterocycles. The van der Waals surface area contributed by atoms with Gasteiger partial charge >= 0.3 is 20.6 Å². The number of carbonyl (C=O) groups excluding carboxylic acids is 2. The molecule has 0 radical (unpaired) electrons. The van der Waals surface area contributed by atoms with E-state index in [0.29, 0.717) is 18.9 Å². The largest absolute Gasteiger partial charge is 0.346 e. The van der Waals surface area contributed by atoms with Gasteiger partial charge in [-0.05, 0) is 42.7 Å². The van der Waals surface area contributed by atoms with Crippen LogP contribution in [-0.2, 0) is 47.1 Å². The topological polar surface area (TPSA) is 235 Å². The number of fused-ring (bicyclic) bond motifs is 2. The molecule has 2 aromatic rings. The van der Waals surface area contributed by atoms with Crippen molar-refractivity contribution in [3.63, 3.8) is 0 Å². The van der Waals surface area contributed by atoms with Crippen molar-refractivity contribution in [2.75, 3.05) is 0 Å². The number of hydrogen-bond acceptors (Lipinski definition) is 10. The third kappa shape index (κ3) is 5.70. The summed E-state index contributed by atoms with van der Waals surface area (Å²) >= 11 is 0. The van der Waals surface area contributed by atoms with Gasteiger partial charge in [0.15, 0.2) is 11.6 Å². The number of nitrogens with one attached hydrogen (secondary N) is 2. The number of sulfonamides is 2. The Morgan fingerprint density at radius 3 is 1.83 bits per heavy atom. The summed E-state index contributed by atoms with van der Waals surface area (Å²) in [5.41, 5.74) is -1.83. The van der Waals surface area contributed by atoms with Crippen molar-refractivity contribution in [2.45, 2.75) is 36.0 Å². The molecule has 0 saturated carbocycles. The summed E-state index contributed by atoms with van der Waals surface area (Å²) in [4.78, 5) is 25.1. The van der Waals surface area contributed by atoms with Gasteiger partial charge in [-0.25, -0.2) is 16.8 Å². The van der Waals surface area contributed by atoms with E-state index < -0.39 is 84.3 Å². The Morgan fingerprint density at radius 1 is 0.722 bits per heavy atom. The first-order valence-electron chi connectivity index (χ1n) is 9.79. The lowest BCUT2D eigenvalue weighted by Crippen LogP contribution is -2.33. The van der Waals surface area contributed by atoms with E-state index in [0.717, 1.165) is 26.5 Å². The Labute approximate surface area is 206 Å². The number of ketones is 2. The van der Waals surface area contributed by atoms with Crippen LogP contribution in [0.15, 0.2) is 40.1 Å². The predicted molar refractivity (Wildman–Crippen MR) is 122 cm³/mol. The minimum atomic E-state index is -5.29. The van der Waals surface area contributed by atoms with Crippen LogP contribution in [-0.4, -0.2) is 54.3 Å². The van der Waals surface area contributed by atoms with Gasteiger partial charge < -0.3 is 0 Å². The van der Waals surface area contributed by atoms with Crippen molar-refractivity contribution in [3.8, 4) is 0 Å². The fourth-order valence-electron chi connectivity index (χ4n) is 3.63. The summed E-state index contributed by atoms with van der Waals surface area (Å²) in [6.45, 7) is 1.82. The minimum absolute atomic E-state index is 0.196. The Kier molecular flexibility index (Phi) is 7.29. The maximum atomic E-state index is 13.4. The quantitative estimate of drug-likeness (QED) is 0.243. The Balaban J connectivity index is 2.30. The molecule has 2 aromatic carbocycles. The van der Waals surface area contributed by atoms with Crippen LogP contribution in [0.2, 0.25) is 0 Å². The lowest BCUT2D eigenvalue weighted by molar-refractivity contribution is 0.0975. The Hall–Kier alpha value is -2.58. The summed E-state index contributed by atoms with van der Waals surface area (Å²) < 4.78 is 114. The van der Waals surface area contributed by atoms with Crippen molar-refractivity contribution in [1.82, 2.24) is 8.25 Å². The molecular weight excluding hydrogens is 564 g/mol. The highest BCUT2D eigenvalue weighted by atomic mass is 32.3. The number of carbonyl (C=O) groups is 2. The number of hydrogen-bond donors (Lipinski definition) is 4. The van der Waals surface area contributed by atoms with Gasteiger partial charge in [0, 0.05) is 16.7 Å². The average molecular weight is 583 g/mol. The fraction of sp³-hybridized carbons (Fsp3) is 0.222. The maximum absolute atomic E-state index is 13.4. The van der Waals surface area contributed by atoms with Crippen molar-refractivity contribution < 1.29 is 52.4 Å².